The van der Waals surface area contributed by atoms with E-state index in [-0.39, 0.29) is 13.0 Å². The Balaban J connectivity index is 2.51. The molecule has 0 aromatic rings. The second-order valence-electron chi connectivity index (χ2n) is 2.69. The van der Waals surface area contributed by atoms with Crippen molar-refractivity contribution in [3.8, 4) is 0 Å². The summed E-state index contributed by atoms with van der Waals surface area (Å²) in [6, 6.07) is 0. The van der Waals surface area contributed by atoms with Gasteiger partial charge in [0, 0.05) is 6.42 Å². The van der Waals surface area contributed by atoms with Crippen molar-refractivity contribution >= 4 is 0 Å². The summed E-state index contributed by atoms with van der Waals surface area (Å²) in [7, 11) is 0. The summed E-state index contributed by atoms with van der Waals surface area (Å²) < 4.78 is 4.94. The van der Waals surface area contributed by atoms with Gasteiger partial charge in [0.1, 0.15) is 18.4 Å². The van der Waals surface area contributed by atoms with Crippen LogP contribution < -0.4 is 5.73 Å². The largest absolute Gasteiger partial charge is 0.394 e. The highest BCUT2D eigenvalue weighted by molar-refractivity contribution is 4.82. The monoisotopic (exact) mass is 163 g/mol. The minimum Gasteiger partial charge on any atom is -0.394 e. The zero-order valence-electron chi connectivity index (χ0n) is 6.05. The molecule has 66 valence electrons. The number of nitrogens with two attached hydrogens (primary N) is 1. The molecule has 0 radical (unpaired) electrons. The van der Waals surface area contributed by atoms with E-state index in [1.165, 1.54) is 0 Å². The highest BCUT2D eigenvalue weighted by Crippen LogP contribution is 2.16. The van der Waals surface area contributed by atoms with E-state index in [2.05, 4.69) is 0 Å². The first kappa shape index (κ1) is 8.89. The molecule has 0 spiro atoms. The third kappa shape index (κ3) is 1.88. The summed E-state index contributed by atoms with van der Waals surface area (Å²) in [4.78, 5) is 0. The van der Waals surface area contributed by atoms with Crippen LogP contribution in [0.15, 0.2) is 0 Å². The Morgan fingerprint density at radius 3 is 2.64 bits per heavy atom. The van der Waals surface area contributed by atoms with Gasteiger partial charge in [0.2, 0.25) is 0 Å². The number of ether oxygens (including phenoxy) is 1. The number of rotatable bonds is 1. The highest BCUT2D eigenvalue weighted by atomic mass is 16.5. The van der Waals surface area contributed by atoms with Crippen LogP contribution in [0.25, 0.3) is 0 Å². The third-order valence-electron chi connectivity index (χ3n) is 1.78. The van der Waals surface area contributed by atoms with Crippen LogP contribution in [0.2, 0.25) is 0 Å². The van der Waals surface area contributed by atoms with Crippen LogP contribution in [0.1, 0.15) is 6.42 Å². The molecule has 1 saturated heterocycles. The lowest BCUT2D eigenvalue weighted by atomic mass is 10.0. The number of hydrogen-bond acceptors (Lipinski definition) is 5. The Bertz CT molecular complexity index is 132. The van der Waals surface area contributed by atoms with Crippen molar-refractivity contribution in [3.05, 3.63) is 0 Å². The van der Waals surface area contributed by atoms with Crippen molar-refractivity contribution in [1.29, 1.82) is 0 Å². The summed E-state index contributed by atoms with van der Waals surface area (Å²) in [5.74, 6) is 0. The molecule has 1 aliphatic rings. The molecule has 0 bridgehead atoms. The molecule has 11 heavy (non-hydrogen) atoms. The third-order valence-corrected chi connectivity index (χ3v) is 1.78. The van der Waals surface area contributed by atoms with Gasteiger partial charge in [0.05, 0.1) is 12.7 Å². The summed E-state index contributed by atoms with van der Waals surface area (Å²) in [6.45, 7) is -0.327. The molecule has 0 saturated carbocycles. The van der Waals surface area contributed by atoms with Crippen LogP contribution in [-0.2, 0) is 4.74 Å². The average molecular weight is 163 g/mol. The molecule has 5 nitrogen and oxygen atoms in total. The van der Waals surface area contributed by atoms with Gasteiger partial charge in [0.25, 0.3) is 0 Å². The predicted octanol–water partition coefficient (Wildman–Crippen LogP) is -2.23. The van der Waals surface area contributed by atoms with E-state index in [1.807, 2.05) is 0 Å². The second kappa shape index (κ2) is 3.46. The van der Waals surface area contributed by atoms with E-state index in [4.69, 9.17) is 25.8 Å². The van der Waals surface area contributed by atoms with Crippen molar-refractivity contribution in [2.24, 2.45) is 5.73 Å². The van der Waals surface area contributed by atoms with E-state index >= 15 is 0 Å². The standard InChI is InChI=1S/C6H13NO4/c7-5-1-3(9)6(10)4(2-8)11-5/h3-6,8-10H,1-2,7H2/t3-,4-,5-,6+/m1/s1. The first-order chi connectivity index (χ1) is 5.15. The minimum atomic E-state index is -1.03. The molecule has 0 aromatic carbocycles. The van der Waals surface area contributed by atoms with Crippen LogP contribution in [0.4, 0.5) is 0 Å². The van der Waals surface area contributed by atoms with Crippen molar-refractivity contribution in [2.75, 3.05) is 6.61 Å². The summed E-state index contributed by atoms with van der Waals surface area (Å²) >= 11 is 0. The van der Waals surface area contributed by atoms with Gasteiger partial charge in [-0.2, -0.15) is 0 Å². The molecule has 0 unspecified atom stereocenters. The fourth-order valence-electron chi connectivity index (χ4n) is 1.14. The maximum absolute atomic E-state index is 9.16. The lowest BCUT2D eigenvalue weighted by molar-refractivity contribution is -0.177. The maximum Gasteiger partial charge on any atom is 0.111 e. The minimum absolute atomic E-state index is 0.206. The Morgan fingerprint density at radius 1 is 1.45 bits per heavy atom. The summed E-state index contributed by atoms with van der Waals surface area (Å²) in [5, 5.41) is 26.9. The topological polar surface area (TPSA) is 95.9 Å². The average Bonchev–Trinajstić information content (AvgIpc) is 1.96. The molecule has 5 heteroatoms. The van der Waals surface area contributed by atoms with E-state index in [1.54, 1.807) is 0 Å². The van der Waals surface area contributed by atoms with Gasteiger partial charge in [-0.3, -0.25) is 0 Å². The fraction of sp³-hybridized carbons (Fsp3) is 1.00. The summed E-state index contributed by atoms with van der Waals surface area (Å²) in [6.07, 6.45) is -3.06. The van der Waals surface area contributed by atoms with Crippen molar-refractivity contribution < 1.29 is 20.1 Å². The maximum atomic E-state index is 9.16. The zero-order chi connectivity index (χ0) is 8.43. The van der Waals surface area contributed by atoms with E-state index in [0.29, 0.717) is 0 Å². The molecule has 1 aliphatic heterocycles. The SMILES string of the molecule is N[C@H]1C[C@@H](O)[C@H](O)[C@@H](CO)O1. The van der Waals surface area contributed by atoms with Crippen LogP contribution in [0.3, 0.4) is 0 Å². The Labute approximate surface area is 64.4 Å². The molecular formula is C6H13NO4. The second-order valence-corrected chi connectivity index (χ2v) is 2.69. The van der Waals surface area contributed by atoms with E-state index < -0.39 is 24.5 Å². The van der Waals surface area contributed by atoms with Gasteiger partial charge in [0.15, 0.2) is 0 Å². The molecule has 0 aromatic heterocycles. The van der Waals surface area contributed by atoms with Gasteiger partial charge in [-0.05, 0) is 0 Å². The van der Waals surface area contributed by atoms with Gasteiger partial charge < -0.3 is 25.8 Å². The summed E-state index contributed by atoms with van der Waals surface area (Å²) in [5.41, 5.74) is 5.35. The number of aliphatic hydroxyl groups excluding tert-OH is 3. The normalized spacial score (nSPS) is 45.8. The predicted molar refractivity (Wildman–Crippen MR) is 36.6 cm³/mol. The fourth-order valence-corrected chi connectivity index (χ4v) is 1.14. The van der Waals surface area contributed by atoms with Crippen molar-refractivity contribution in [3.63, 3.8) is 0 Å². The Kier molecular flexibility index (Phi) is 2.80. The molecule has 1 rings (SSSR count). The van der Waals surface area contributed by atoms with Crippen molar-refractivity contribution in [2.45, 2.75) is 31.0 Å². The van der Waals surface area contributed by atoms with Gasteiger partial charge in [-0.25, -0.2) is 0 Å². The molecular weight excluding hydrogens is 150 g/mol. The zero-order valence-corrected chi connectivity index (χ0v) is 6.05. The Morgan fingerprint density at radius 2 is 2.09 bits per heavy atom. The first-order valence-electron chi connectivity index (χ1n) is 3.53. The molecule has 5 N–H and O–H groups in total. The van der Waals surface area contributed by atoms with Crippen LogP contribution in [0, 0.1) is 0 Å². The first-order valence-corrected chi connectivity index (χ1v) is 3.53. The molecule has 1 heterocycles. The lowest BCUT2D eigenvalue weighted by Gasteiger charge is -2.34. The van der Waals surface area contributed by atoms with Gasteiger partial charge in [-0.15, -0.1) is 0 Å². The van der Waals surface area contributed by atoms with E-state index in [0.717, 1.165) is 0 Å². The molecule has 4 atom stereocenters. The van der Waals surface area contributed by atoms with Crippen LogP contribution in [0.5, 0.6) is 0 Å². The molecule has 1 fully saturated rings. The smallest absolute Gasteiger partial charge is 0.111 e. The quantitative estimate of drug-likeness (QED) is 0.351. The number of aliphatic hydroxyl groups is 3. The van der Waals surface area contributed by atoms with Crippen molar-refractivity contribution in [1.82, 2.24) is 0 Å². The number of hydrogen-bond donors (Lipinski definition) is 4. The van der Waals surface area contributed by atoms with Gasteiger partial charge >= 0.3 is 0 Å². The lowest BCUT2D eigenvalue weighted by Crippen LogP contribution is -2.52. The molecule has 0 aliphatic carbocycles. The van der Waals surface area contributed by atoms with Crippen LogP contribution in [-0.4, -0.2) is 46.5 Å². The van der Waals surface area contributed by atoms with Crippen LogP contribution >= 0.6 is 0 Å². The Hall–Kier alpha value is -0.200. The van der Waals surface area contributed by atoms with Gasteiger partial charge in [-0.1, -0.05) is 0 Å². The molecule has 0 amide bonds. The highest BCUT2D eigenvalue weighted by Gasteiger charge is 2.34. The van der Waals surface area contributed by atoms with E-state index in [9.17, 15) is 0 Å².